The van der Waals surface area contributed by atoms with E-state index in [0.717, 1.165) is 88.0 Å². The average Bonchev–Trinajstić information content (AvgIpc) is 3.32. The number of hydrogen-bond acceptors (Lipinski definition) is 25. The Bertz CT molecular complexity index is 2020. The summed E-state index contributed by atoms with van der Waals surface area (Å²) in [6.45, 7) is 13.2. The molecule has 0 aromatic heterocycles. The van der Waals surface area contributed by atoms with Gasteiger partial charge in [-0.15, -0.1) is 0 Å². The molecule has 0 aliphatic rings. The maximum absolute atomic E-state index is 14.1. The number of amides is 2. The molecule has 27 nitrogen and oxygen atoms in total. The summed E-state index contributed by atoms with van der Waals surface area (Å²) >= 11 is 0. The standard InChI is InChI=1S/C50H75N5O22/c1-13-53(14-2)20-22-55(40-18-16-15-17-19-40)23-21-54(26-45(66)51-24-41(70-32(5)58)47(74-36(9)62)49(76-38(11)64)43(72-34(7)60)28-68-30(3)56)27-46(67)52-25-42(71-33(6)59)48(75-37(10)63)50(77-39(12)65)44(73-35(8)61)29-69-31(4)57/h15-19,41-44,47-50H,13-14,20-29H2,1-12H3,(H,51,66)(H,52,67). The van der Waals surface area contributed by atoms with E-state index in [1.807, 2.05) is 49.1 Å². The van der Waals surface area contributed by atoms with E-state index < -0.39 is 160 Å². The van der Waals surface area contributed by atoms with Crippen LogP contribution in [0.25, 0.3) is 0 Å². The maximum atomic E-state index is 14.1. The Kier molecular flexibility index (Phi) is 31.4. The summed E-state index contributed by atoms with van der Waals surface area (Å²) in [5.41, 5.74) is 0.821. The number of nitrogens with zero attached hydrogens (tertiary/aromatic N) is 3. The molecule has 0 saturated carbocycles. The number of nitrogens with one attached hydrogen (secondary N) is 2. The first-order valence-corrected chi connectivity index (χ1v) is 24.6. The molecular weight excluding hydrogens is 1020 g/mol. The van der Waals surface area contributed by atoms with Gasteiger partial charge >= 0.3 is 59.7 Å². The van der Waals surface area contributed by atoms with Crippen molar-refractivity contribution in [3.8, 4) is 0 Å². The normalized spacial score (nSPS) is 14.0. The van der Waals surface area contributed by atoms with E-state index >= 15 is 0 Å². The van der Waals surface area contributed by atoms with Crippen LogP contribution in [0.15, 0.2) is 30.3 Å². The molecule has 0 aliphatic heterocycles. The van der Waals surface area contributed by atoms with Gasteiger partial charge < -0.3 is 67.8 Å². The monoisotopic (exact) mass is 1100 g/mol. The maximum Gasteiger partial charge on any atom is 0.303 e. The molecule has 0 radical (unpaired) electrons. The third kappa shape index (κ3) is 28.9. The van der Waals surface area contributed by atoms with Crippen molar-refractivity contribution < 1.29 is 105 Å². The number of rotatable bonds is 35. The average molecular weight is 1100 g/mol. The molecule has 0 aliphatic carbocycles. The molecule has 77 heavy (non-hydrogen) atoms. The highest BCUT2D eigenvalue weighted by molar-refractivity contribution is 5.81. The lowest BCUT2D eigenvalue weighted by Gasteiger charge is -2.35. The lowest BCUT2D eigenvalue weighted by molar-refractivity contribution is -0.202. The lowest BCUT2D eigenvalue weighted by Crippen LogP contribution is -2.56. The summed E-state index contributed by atoms with van der Waals surface area (Å²) in [5, 5.41) is 5.17. The molecule has 2 N–H and O–H groups in total. The molecule has 8 unspecified atom stereocenters. The third-order valence-corrected chi connectivity index (χ3v) is 10.6. The van der Waals surface area contributed by atoms with Gasteiger partial charge in [0.15, 0.2) is 48.8 Å². The van der Waals surface area contributed by atoms with Crippen molar-refractivity contribution in [1.82, 2.24) is 20.4 Å². The molecule has 0 saturated heterocycles. The summed E-state index contributed by atoms with van der Waals surface area (Å²) in [6.07, 6.45) is -13.8. The molecule has 8 atom stereocenters. The van der Waals surface area contributed by atoms with Gasteiger partial charge in [-0.3, -0.25) is 62.4 Å². The summed E-state index contributed by atoms with van der Waals surface area (Å²) in [6, 6.07) is 9.30. The number of carbonyl (C=O) groups excluding carboxylic acids is 12. The SMILES string of the molecule is CCN(CC)CCN(CCN(CC(=O)NCC(OC(C)=O)C(OC(C)=O)C(OC(C)=O)C(COC(C)=O)OC(C)=O)CC(=O)NCC(OC(C)=O)C(OC(C)=O)C(OC(C)=O)C(COC(C)=O)OC(C)=O)c1ccccc1. The Morgan fingerprint density at radius 2 is 0.688 bits per heavy atom. The Balaban J connectivity index is 3.84. The molecule has 0 spiro atoms. The summed E-state index contributed by atoms with van der Waals surface area (Å²) in [7, 11) is 0. The van der Waals surface area contributed by atoms with Crippen LogP contribution in [0.4, 0.5) is 5.69 Å². The Morgan fingerprint density at radius 3 is 0.987 bits per heavy atom. The van der Waals surface area contributed by atoms with Gasteiger partial charge in [-0.25, -0.2) is 0 Å². The zero-order valence-electron chi connectivity index (χ0n) is 45.8. The fraction of sp³-hybridized carbons (Fsp3) is 0.640. The fourth-order valence-corrected chi connectivity index (χ4v) is 7.51. The Morgan fingerprint density at radius 1 is 0.390 bits per heavy atom. The number of ether oxygens (including phenoxy) is 10. The predicted molar refractivity (Wildman–Crippen MR) is 267 cm³/mol. The van der Waals surface area contributed by atoms with Crippen molar-refractivity contribution in [2.24, 2.45) is 0 Å². The largest absolute Gasteiger partial charge is 0.462 e. The lowest BCUT2D eigenvalue weighted by atomic mass is 10.0. The zero-order chi connectivity index (χ0) is 58.4. The molecule has 1 rings (SSSR count). The summed E-state index contributed by atoms with van der Waals surface area (Å²) in [5.74, 6) is -11.0. The van der Waals surface area contributed by atoms with Gasteiger partial charge in [0.2, 0.25) is 11.8 Å². The number of hydrogen-bond donors (Lipinski definition) is 2. The Hall–Kier alpha value is -7.42. The van der Waals surface area contributed by atoms with E-state index in [-0.39, 0.29) is 13.1 Å². The van der Waals surface area contributed by atoms with Crippen LogP contribution in [0.5, 0.6) is 0 Å². The van der Waals surface area contributed by atoms with Gasteiger partial charge in [-0.2, -0.15) is 0 Å². The van der Waals surface area contributed by atoms with Gasteiger partial charge in [-0.1, -0.05) is 32.0 Å². The number of benzene rings is 1. The second kappa shape index (κ2) is 35.8. The topological polar surface area (TPSA) is 331 Å². The molecule has 0 fully saturated rings. The molecule has 0 bridgehead atoms. The highest BCUT2D eigenvalue weighted by Gasteiger charge is 2.46. The number of likely N-dealkylation sites (N-methyl/N-ethyl adjacent to an activating group) is 1. The van der Waals surface area contributed by atoms with Crippen molar-refractivity contribution in [2.45, 2.75) is 132 Å². The van der Waals surface area contributed by atoms with E-state index in [2.05, 4.69) is 15.5 Å². The highest BCUT2D eigenvalue weighted by atomic mass is 16.7. The predicted octanol–water partition coefficient (Wildman–Crippen LogP) is -0.0510. The van der Waals surface area contributed by atoms with Gasteiger partial charge in [0.1, 0.15) is 13.2 Å². The van der Waals surface area contributed by atoms with Crippen LogP contribution in [0, 0.1) is 0 Å². The molecule has 27 heteroatoms. The van der Waals surface area contributed by atoms with Gasteiger partial charge in [0.25, 0.3) is 0 Å². The van der Waals surface area contributed by atoms with Gasteiger partial charge in [0.05, 0.1) is 26.2 Å². The number of esters is 10. The first-order chi connectivity index (χ1) is 36.1. The summed E-state index contributed by atoms with van der Waals surface area (Å²) in [4.78, 5) is 157. The van der Waals surface area contributed by atoms with Crippen molar-refractivity contribution >= 4 is 77.2 Å². The molecule has 1 aromatic carbocycles. The molecule has 2 amide bonds. The highest BCUT2D eigenvalue weighted by Crippen LogP contribution is 2.22. The van der Waals surface area contributed by atoms with Crippen LogP contribution < -0.4 is 15.5 Å². The van der Waals surface area contributed by atoms with Crippen molar-refractivity contribution in [3.05, 3.63) is 30.3 Å². The van der Waals surface area contributed by atoms with Crippen LogP contribution in [0.2, 0.25) is 0 Å². The fourth-order valence-electron chi connectivity index (χ4n) is 7.51. The minimum atomic E-state index is -1.81. The van der Waals surface area contributed by atoms with E-state index in [1.54, 1.807) is 0 Å². The number of carbonyl (C=O) groups is 12. The first kappa shape index (κ1) is 67.6. The Labute approximate surface area is 447 Å². The first-order valence-electron chi connectivity index (χ1n) is 24.6. The van der Waals surface area contributed by atoms with E-state index in [0.29, 0.717) is 13.1 Å². The molecule has 0 heterocycles. The zero-order valence-corrected chi connectivity index (χ0v) is 45.8. The molecular formula is C50H75N5O22. The number of anilines is 1. The smallest absolute Gasteiger partial charge is 0.303 e. The number of para-hydroxylation sites is 1. The second-order valence-corrected chi connectivity index (χ2v) is 17.2. The quantitative estimate of drug-likeness (QED) is 0.0665. The van der Waals surface area contributed by atoms with Crippen LogP contribution in [-0.2, 0) is 105 Å². The van der Waals surface area contributed by atoms with E-state index in [9.17, 15) is 57.5 Å². The van der Waals surface area contributed by atoms with Crippen molar-refractivity contribution in [3.63, 3.8) is 0 Å². The van der Waals surface area contributed by atoms with E-state index in [4.69, 9.17) is 47.4 Å². The van der Waals surface area contributed by atoms with Gasteiger partial charge in [0, 0.05) is 101 Å². The van der Waals surface area contributed by atoms with Crippen LogP contribution in [-0.4, -0.2) is 209 Å². The second-order valence-electron chi connectivity index (χ2n) is 17.2. The van der Waals surface area contributed by atoms with Crippen molar-refractivity contribution in [2.75, 3.05) is 83.6 Å². The molecule has 1 aromatic rings. The minimum Gasteiger partial charge on any atom is -0.462 e. The van der Waals surface area contributed by atoms with Crippen LogP contribution >= 0.6 is 0 Å². The van der Waals surface area contributed by atoms with Crippen LogP contribution in [0.3, 0.4) is 0 Å². The summed E-state index contributed by atoms with van der Waals surface area (Å²) < 4.78 is 53.5. The minimum absolute atomic E-state index is 0.0182. The van der Waals surface area contributed by atoms with Gasteiger partial charge in [-0.05, 0) is 25.2 Å². The van der Waals surface area contributed by atoms with Crippen molar-refractivity contribution in [1.29, 1.82) is 0 Å². The third-order valence-electron chi connectivity index (χ3n) is 10.6. The molecule has 432 valence electrons. The van der Waals surface area contributed by atoms with Crippen LogP contribution in [0.1, 0.15) is 83.1 Å². The van der Waals surface area contributed by atoms with E-state index in [1.165, 1.54) is 4.90 Å².